The fourth-order valence-corrected chi connectivity index (χ4v) is 1.84. The maximum absolute atomic E-state index is 12.1. The molecule has 0 fully saturated rings. The van der Waals surface area contributed by atoms with Gasteiger partial charge in [0.2, 0.25) is 0 Å². The highest BCUT2D eigenvalue weighted by molar-refractivity contribution is 6.03. The van der Waals surface area contributed by atoms with Crippen molar-refractivity contribution < 1.29 is 14.7 Å². The molecule has 1 heterocycles. The van der Waals surface area contributed by atoms with Crippen molar-refractivity contribution in [1.82, 2.24) is 4.57 Å². The standard InChI is InChI=1S/C14H14N2O3/c1-16-8-4-7-12(16)14(19)15-11-6-3-2-5-10(11)9-13(17)18/h2-8H,9H2,1H3,(H,15,19)(H,17,18). The lowest BCUT2D eigenvalue weighted by molar-refractivity contribution is -0.136. The molecule has 0 aliphatic carbocycles. The first-order chi connectivity index (χ1) is 9.08. The number of nitrogens with one attached hydrogen (secondary N) is 1. The van der Waals surface area contributed by atoms with Gasteiger partial charge in [0.1, 0.15) is 5.69 Å². The van der Waals surface area contributed by atoms with Crippen LogP contribution in [0.3, 0.4) is 0 Å². The molecule has 1 aromatic carbocycles. The van der Waals surface area contributed by atoms with Gasteiger partial charge in [0.05, 0.1) is 6.42 Å². The van der Waals surface area contributed by atoms with Gasteiger partial charge in [-0.15, -0.1) is 0 Å². The molecule has 2 N–H and O–H groups in total. The van der Waals surface area contributed by atoms with Crippen LogP contribution >= 0.6 is 0 Å². The van der Waals surface area contributed by atoms with Gasteiger partial charge < -0.3 is 15.0 Å². The lowest BCUT2D eigenvalue weighted by Gasteiger charge is -2.10. The molecule has 5 nitrogen and oxygen atoms in total. The van der Waals surface area contributed by atoms with Crippen LogP contribution in [-0.4, -0.2) is 21.6 Å². The zero-order valence-electron chi connectivity index (χ0n) is 10.5. The van der Waals surface area contributed by atoms with E-state index < -0.39 is 5.97 Å². The molecule has 1 amide bonds. The van der Waals surface area contributed by atoms with Crippen LogP contribution in [0.2, 0.25) is 0 Å². The average molecular weight is 258 g/mol. The zero-order valence-corrected chi connectivity index (χ0v) is 10.5. The van der Waals surface area contributed by atoms with Gasteiger partial charge in [-0.25, -0.2) is 0 Å². The number of benzene rings is 1. The molecule has 19 heavy (non-hydrogen) atoms. The van der Waals surface area contributed by atoms with Crippen LogP contribution in [0.25, 0.3) is 0 Å². The molecular weight excluding hydrogens is 244 g/mol. The molecule has 2 rings (SSSR count). The summed E-state index contributed by atoms with van der Waals surface area (Å²) in [4.78, 5) is 22.8. The lowest BCUT2D eigenvalue weighted by atomic mass is 10.1. The molecule has 0 unspecified atom stereocenters. The number of aryl methyl sites for hydroxylation is 1. The number of hydrogen-bond acceptors (Lipinski definition) is 2. The number of para-hydroxylation sites is 1. The summed E-state index contributed by atoms with van der Waals surface area (Å²) in [5, 5.41) is 11.6. The monoisotopic (exact) mass is 258 g/mol. The highest BCUT2D eigenvalue weighted by atomic mass is 16.4. The second-order valence-corrected chi connectivity index (χ2v) is 4.19. The largest absolute Gasteiger partial charge is 0.481 e. The molecule has 98 valence electrons. The van der Waals surface area contributed by atoms with Crippen LogP contribution in [-0.2, 0) is 18.3 Å². The second kappa shape index (κ2) is 5.39. The van der Waals surface area contributed by atoms with Gasteiger partial charge in [-0.05, 0) is 23.8 Å². The van der Waals surface area contributed by atoms with Crippen molar-refractivity contribution in [3.63, 3.8) is 0 Å². The van der Waals surface area contributed by atoms with Gasteiger partial charge in [0.25, 0.3) is 5.91 Å². The molecule has 0 spiro atoms. The maximum atomic E-state index is 12.1. The molecule has 0 aliphatic heterocycles. The number of carboxylic acid groups (broad SMARTS) is 1. The average Bonchev–Trinajstić information content (AvgIpc) is 2.77. The van der Waals surface area contributed by atoms with Crippen LogP contribution in [0.5, 0.6) is 0 Å². The number of hydrogen-bond donors (Lipinski definition) is 2. The van der Waals surface area contributed by atoms with E-state index in [0.717, 1.165) is 0 Å². The van der Waals surface area contributed by atoms with E-state index in [4.69, 9.17) is 5.11 Å². The third-order valence-electron chi connectivity index (χ3n) is 2.78. The first kappa shape index (κ1) is 12.9. The number of carbonyl (C=O) groups excluding carboxylic acids is 1. The molecule has 0 bridgehead atoms. The Balaban J connectivity index is 2.22. The molecule has 0 aliphatic rings. The highest BCUT2D eigenvalue weighted by Crippen LogP contribution is 2.17. The van der Waals surface area contributed by atoms with E-state index in [1.165, 1.54) is 0 Å². The fraction of sp³-hybridized carbons (Fsp3) is 0.143. The van der Waals surface area contributed by atoms with Gasteiger partial charge in [-0.1, -0.05) is 18.2 Å². The van der Waals surface area contributed by atoms with Crippen molar-refractivity contribution in [2.24, 2.45) is 7.05 Å². The van der Waals surface area contributed by atoms with E-state index in [0.29, 0.717) is 16.9 Å². The summed E-state index contributed by atoms with van der Waals surface area (Å²) in [6.07, 6.45) is 1.65. The molecule has 2 aromatic rings. The number of aliphatic carboxylic acids is 1. The van der Waals surface area contributed by atoms with E-state index in [-0.39, 0.29) is 12.3 Å². The Kier molecular flexibility index (Phi) is 3.66. The van der Waals surface area contributed by atoms with Crippen LogP contribution in [0.4, 0.5) is 5.69 Å². The van der Waals surface area contributed by atoms with Crippen LogP contribution < -0.4 is 5.32 Å². The predicted octanol–water partition coefficient (Wildman–Crippen LogP) is 1.90. The minimum Gasteiger partial charge on any atom is -0.481 e. The summed E-state index contributed by atoms with van der Waals surface area (Å²) >= 11 is 0. The topological polar surface area (TPSA) is 71.3 Å². The molecule has 0 radical (unpaired) electrons. The summed E-state index contributed by atoms with van der Waals surface area (Å²) in [6.45, 7) is 0. The van der Waals surface area contributed by atoms with E-state index in [1.54, 1.807) is 54.2 Å². The van der Waals surface area contributed by atoms with Gasteiger partial charge in [-0.3, -0.25) is 9.59 Å². The minimum atomic E-state index is -0.930. The van der Waals surface area contributed by atoms with E-state index in [1.807, 2.05) is 0 Å². The molecule has 5 heteroatoms. The zero-order chi connectivity index (χ0) is 13.8. The van der Waals surface area contributed by atoms with Crippen molar-refractivity contribution in [3.8, 4) is 0 Å². The first-order valence-corrected chi connectivity index (χ1v) is 5.80. The number of nitrogens with zero attached hydrogens (tertiary/aromatic N) is 1. The lowest BCUT2D eigenvalue weighted by Crippen LogP contribution is -2.17. The summed E-state index contributed by atoms with van der Waals surface area (Å²) in [5.74, 6) is -1.19. The number of carbonyl (C=O) groups is 2. The number of aromatic nitrogens is 1. The number of carboxylic acids is 1. The van der Waals surface area contributed by atoms with Crippen LogP contribution in [0, 0.1) is 0 Å². The minimum absolute atomic E-state index is 0.121. The Labute approximate surface area is 110 Å². The Morgan fingerprint density at radius 2 is 1.95 bits per heavy atom. The van der Waals surface area contributed by atoms with Gasteiger partial charge in [-0.2, -0.15) is 0 Å². The molecule has 0 atom stereocenters. The maximum Gasteiger partial charge on any atom is 0.307 e. The molecular formula is C14H14N2O3. The first-order valence-electron chi connectivity index (χ1n) is 5.80. The quantitative estimate of drug-likeness (QED) is 0.879. The Morgan fingerprint density at radius 1 is 1.21 bits per heavy atom. The summed E-state index contributed by atoms with van der Waals surface area (Å²) in [5.41, 5.74) is 1.62. The highest BCUT2D eigenvalue weighted by Gasteiger charge is 2.12. The van der Waals surface area contributed by atoms with E-state index in [2.05, 4.69) is 5.32 Å². The Hall–Kier alpha value is -2.56. The second-order valence-electron chi connectivity index (χ2n) is 4.19. The fourth-order valence-electron chi connectivity index (χ4n) is 1.84. The molecule has 1 aromatic heterocycles. The van der Waals surface area contributed by atoms with Crippen molar-refractivity contribution in [2.75, 3.05) is 5.32 Å². The van der Waals surface area contributed by atoms with E-state index >= 15 is 0 Å². The third-order valence-corrected chi connectivity index (χ3v) is 2.78. The van der Waals surface area contributed by atoms with Crippen molar-refractivity contribution in [3.05, 3.63) is 53.9 Å². The van der Waals surface area contributed by atoms with Crippen molar-refractivity contribution in [2.45, 2.75) is 6.42 Å². The summed E-state index contributed by atoms with van der Waals surface area (Å²) in [7, 11) is 1.78. The Morgan fingerprint density at radius 3 is 2.58 bits per heavy atom. The third kappa shape index (κ3) is 3.01. The van der Waals surface area contributed by atoms with Gasteiger partial charge in [0.15, 0.2) is 0 Å². The number of anilines is 1. The SMILES string of the molecule is Cn1cccc1C(=O)Nc1ccccc1CC(=O)O. The van der Waals surface area contributed by atoms with Gasteiger partial charge >= 0.3 is 5.97 Å². The van der Waals surface area contributed by atoms with Crippen molar-refractivity contribution in [1.29, 1.82) is 0 Å². The number of amides is 1. The summed E-state index contributed by atoms with van der Waals surface area (Å²) < 4.78 is 1.70. The van der Waals surface area contributed by atoms with Crippen molar-refractivity contribution >= 4 is 17.6 Å². The smallest absolute Gasteiger partial charge is 0.307 e. The normalized spacial score (nSPS) is 10.2. The van der Waals surface area contributed by atoms with Crippen LogP contribution in [0.1, 0.15) is 16.1 Å². The predicted molar refractivity (Wildman–Crippen MR) is 71.1 cm³/mol. The van der Waals surface area contributed by atoms with Gasteiger partial charge in [0, 0.05) is 18.9 Å². The summed E-state index contributed by atoms with van der Waals surface area (Å²) in [6, 6.07) is 10.4. The molecule has 0 saturated carbocycles. The van der Waals surface area contributed by atoms with Crippen LogP contribution in [0.15, 0.2) is 42.6 Å². The van der Waals surface area contributed by atoms with E-state index in [9.17, 15) is 9.59 Å². The molecule has 0 saturated heterocycles. The Bertz CT molecular complexity index is 617. The number of rotatable bonds is 4.